The number of likely N-dealkylation sites (tertiary alicyclic amines) is 1. The average molecular weight is 440 g/mol. The number of nitrogens with zero attached hydrogens (tertiary/aromatic N) is 6. The first kappa shape index (κ1) is 20.5. The number of aromatic nitrogens is 5. The molecule has 0 unspecified atom stereocenters. The molecule has 164 valence electrons. The second-order valence-corrected chi connectivity index (χ2v) is 7.80. The van der Waals surface area contributed by atoms with Crippen molar-refractivity contribution in [3.05, 3.63) is 100 Å². The van der Waals surface area contributed by atoms with Crippen LogP contribution in [0.1, 0.15) is 6.04 Å². The summed E-state index contributed by atoms with van der Waals surface area (Å²) in [6.45, 7) is 0.610. The molecule has 1 saturated heterocycles. The fourth-order valence-electron chi connectivity index (χ4n) is 3.73. The van der Waals surface area contributed by atoms with Crippen LogP contribution in [0, 0.1) is 0 Å². The Labute approximate surface area is 188 Å². The lowest BCUT2D eigenvalue weighted by molar-refractivity contribution is -0.138. The van der Waals surface area contributed by atoms with Gasteiger partial charge in [-0.3, -0.25) is 23.9 Å². The molecule has 0 aliphatic carbocycles. The van der Waals surface area contributed by atoms with Crippen molar-refractivity contribution in [2.45, 2.75) is 12.6 Å². The minimum absolute atomic E-state index is 0.104. The van der Waals surface area contributed by atoms with Crippen LogP contribution >= 0.6 is 0 Å². The van der Waals surface area contributed by atoms with Gasteiger partial charge in [-0.15, -0.1) is 0 Å². The van der Waals surface area contributed by atoms with Gasteiger partial charge in [-0.1, -0.05) is 30.3 Å². The van der Waals surface area contributed by atoms with Crippen molar-refractivity contribution in [3.8, 4) is 22.5 Å². The summed E-state index contributed by atoms with van der Waals surface area (Å²) in [6.07, 6.45) is 4.73. The molecule has 0 saturated carbocycles. The van der Waals surface area contributed by atoms with Gasteiger partial charge in [0.2, 0.25) is 5.91 Å². The van der Waals surface area contributed by atoms with E-state index in [1.807, 2.05) is 42.5 Å². The molecule has 0 spiro atoms. The number of pyridine rings is 1. The molecule has 4 aromatic rings. The van der Waals surface area contributed by atoms with Crippen LogP contribution in [-0.2, 0) is 11.3 Å². The first-order chi connectivity index (χ1) is 16.1. The van der Waals surface area contributed by atoms with Crippen molar-refractivity contribution in [1.29, 1.82) is 0 Å². The van der Waals surface area contributed by atoms with Gasteiger partial charge in [0.05, 0.1) is 23.8 Å². The highest BCUT2D eigenvalue weighted by atomic mass is 16.2. The lowest BCUT2D eigenvalue weighted by Gasteiger charge is -2.39. The third-order valence-electron chi connectivity index (χ3n) is 5.62. The highest BCUT2D eigenvalue weighted by molar-refractivity contribution is 5.77. The largest absolute Gasteiger partial charge is 0.337 e. The van der Waals surface area contributed by atoms with E-state index < -0.39 is 0 Å². The fraction of sp³-hybridized carbons (Fsp3) is 0.167. The molecule has 0 N–H and O–H groups in total. The molecule has 4 heterocycles. The van der Waals surface area contributed by atoms with Gasteiger partial charge >= 0.3 is 0 Å². The fourth-order valence-corrected chi connectivity index (χ4v) is 3.73. The van der Waals surface area contributed by atoms with E-state index >= 15 is 0 Å². The van der Waals surface area contributed by atoms with E-state index in [2.05, 4.69) is 15.1 Å². The summed E-state index contributed by atoms with van der Waals surface area (Å²) < 4.78 is 2.71. The Kier molecular flexibility index (Phi) is 5.35. The van der Waals surface area contributed by atoms with E-state index in [1.54, 1.807) is 23.4 Å². The zero-order valence-electron chi connectivity index (χ0n) is 17.6. The van der Waals surface area contributed by atoms with Gasteiger partial charge in [0, 0.05) is 48.7 Å². The molecule has 1 aromatic carbocycles. The number of carbonyl (C=O) groups excluding carboxylic acids is 1. The summed E-state index contributed by atoms with van der Waals surface area (Å²) >= 11 is 0. The molecule has 1 aliphatic rings. The molecule has 1 fully saturated rings. The van der Waals surface area contributed by atoms with Crippen molar-refractivity contribution in [2.24, 2.45) is 0 Å². The van der Waals surface area contributed by atoms with E-state index in [9.17, 15) is 14.4 Å². The Morgan fingerprint density at radius 1 is 0.879 bits per heavy atom. The standard InChI is InChI=1S/C24H20N6O3/c31-22-7-6-20(18-8-10-25-11-9-18)27-30(22)19-13-28(14-19)24(33)15-29-16-26-21(12-23(29)32)17-4-2-1-3-5-17/h1-12,16,19H,13-15H2. The maximum Gasteiger partial charge on any atom is 0.267 e. The molecular weight excluding hydrogens is 420 g/mol. The van der Waals surface area contributed by atoms with Crippen LogP contribution in [0.5, 0.6) is 0 Å². The van der Waals surface area contributed by atoms with Crippen LogP contribution < -0.4 is 11.1 Å². The predicted octanol–water partition coefficient (Wildman–Crippen LogP) is 1.61. The molecule has 5 rings (SSSR count). The lowest BCUT2D eigenvalue weighted by Crippen LogP contribution is -2.54. The lowest BCUT2D eigenvalue weighted by atomic mass is 10.1. The summed E-state index contributed by atoms with van der Waals surface area (Å²) in [5.41, 5.74) is 2.41. The molecule has 1 aliphatic heterocycles. The van der Waals surface area contributed by atoms with Crippen molar-refractivity contribution >= 4 is 5.91 Å². The van der Waals surface area contributed by atoms with Gasteiger partial charge in [-0.2, -0.15) is 5.10 Å². The van der Waals surface area contributed by atoms with Crippen LogP contribution in [0.3, 0.4) is 0 Å². The first-order valence-electron chi connectivity index (χ1n) is 10.5. The number of benzene rings is 1. The predicted molar refractivity (Wildman–Crippen MR) is 121 cm³/mol. The van der Waals surface area contributed by atoms with Crippen molar-refractivity contribution in [1.82, 2.24) is 29.2 Å². The Hall–Kier alpha value is -4.40. The van der Waals surface area contributed by atoms with Crippen LogP contribution in [-0.4, -0.2) is 48.2 Å². The average Bonchev–Trinajstić information content (AvgIpc) is 2.82. The monoisotopic (exact) mass is 440 g/mol. The minimum atomic E-state index is -0.294. The molecule has 33 heavy (non-hydrogen) atoms. The van der Waals surface area contributed by atoms with Gasteiger partial charge < -0.3 is 4.90 Å². The maximum atomic E-state index is 12.7. The van der Waals surface area contributed by atoms with E-state index in [0.29, 0.717) is 24.5 Å². The minimum Gasteiger partial charge on any atom is -0.337 e. The van der Waals surface area contributed by atoms with Crippen LogP contribution in [0.15, 0.2) is 89.0 Å². The normalized spacial score (nSPS) is 13.5. The Morgan fingerprint density at radius 3 is 2.33 bits per heavy atom. The van der Waals surface area contributed by atoms with E-state index in [0.717, 1.165) is 11.1 Å². The Morgan fingerprint density at radius 2 is 1.61 bits per heavy atom. The number of hydrogen-bond acceptors (Lipinski definition) is 6. The molecular formula is C24H20N6O3. The summed E-state index contributed by atoms with van der Waals surface area (Å²) in [7, 11) is 0. The number of rotatable bonds is 5. The second-order valence-electron chi connectivity index (χ2n) is 7.80. The molecule has 0 radical (unpaired) electrons. The zero-order chi connectivity index (χ0) is 22.8. The smallest absolute Gasteiger partial charge is 0.267 e. The molecule has 0 bridgehead atoms. The SMILES string of the molecule is O=C(Cn1cnc(-c2ccccc2)cc1=O)N1CC(n2nc(-c3ccncc3)ccc2=O)C1. The highest BCUT2D eigenvalue weighted by Gasteiger charge is 2.33. The third kappa shape index (κ3) is 4.20. The summed E-state index contributed by atoms with van der Waals surface area (Å²) in [6, 6.07) is 17.4. The maximum absolute atomic E-state index is 12.7. The Balaban J connectivity index is 1.25. The zero-order valence-corrected chi connectivity index (χ0v) is 17.6. The van der Waals surface area contributed by atoms with Crippen LogP contribution in [0.25, 0.3) is 22.5 Å². The van der Waals surface area contributed by atoms with Gasteiger partial charge in [-0.25, -0.2) is 9.67 Å². The molecule has 1 amide bonds. The summed E-state index contributed by atoms with van der Waals surface area (Å²) in [5, 5.41) is 4.47. The van der Waals surface area contributed by atoms with Gasteiger partial charge in [-0.05, 0) is 18.2 Å². The first-order valence-corrected chi connectivity index (χ1v) is 10.5. The van der Waals surface area contributed by atoms with Gasteiger partial charge in [0.15, 0.2) is 0 Å². The molecule has 9 nitrogen and oxygen atoms in total. The van der Waals surface area contributed by atoms with E-state index in [-0.39, 0.29) is 29.6 Å². The Bertz CT molecular complexity index is 1410. The van der Waals surface area contributed by atoms with Crippen LogP contribution in [0.4, 0.5) is 0 Å². The molecule has 9 heteroatoms. The van der Waals surface area contributed by atoms with E-state index in [4.69, 9.17) is 0 Å². The van der Waals surface area contributed by atoms with E-state index in [1.165, 1.54) is 27.7 Å². The highest BCUT2D eigenvalue weighted by Crippen LogP contribution is 2.21. The quantitative estimate of drug-likeness (QED) is 0.467. The third-order valence-corrected chi connectivity index (χ3v) is 5.62. The summed E-state index contributed by atoms with van der Waals surface area (Å²) in [5.74, 6) is -0.207. The van der Waals surface area contributed by atoms with Gasteiger partial charge in [0.25, 0.3) is 11.1 Å². The van der Waals surface area contributed by atoms with Crippen molar-refractivity contribution < 1.29 is 4.79 Å². The number of amides is 1. The topological polar surface area (TPSA) is 103 Å². The van der Waals surface area contributed by atoms with Crippen molar-refractivity contribution in [2.75, 3.05) is 13.1 Å². The number of hydrogen-bond donors (Lipinski definition) is 0. The molecule has 3 aromatic heterocycles. The van der Waals surface area contributed by atoms with Crippen LogP contribution in [0.2, 0.25) is 0 Å². The van der Waals surface area contributed by atoms with Gasteiger partial charge in [0.1, 0.15) is 6.54 Å². The summed E-state index contributed by atoms with van der Waals surface area (Å²) in [4.78, 5) is 47.4. The second kappa shape index (κ2) is 8.62. The molecule has 0 atom stereocenters. The number of carbonyl (C=O) groups is 1. The van der Waals surface area contributed by atoms with Crippen molar-refractivity contribution in [3.63, 3.8) is 0 Å².